The van der Waals surface area contributed by atoms with Crippen molar-refractivity contribution in [3.8, 4) is 0 Å². The molecule has 0 unspecified atom stereocenters. The minimum Gasteiger partial charge on any atom is -0.339 e. The molecular formula is C16H23N3OS2. The Hall–Kier alpha value is -1.27. The number of rotatable bonds is 5. The van der Waals surface area contributed by atoms with Gasteiger partial charge in [-0.3, -0.25) is 4.79 Å². The van der Waals surface area contributed by atoms with Crippen molar-refractivity contribution in [2.75, 3.05) is 7.05 Å². The molecule has 0 atom stereocenters. The van der Waals surface area contributed by atoms with Gasteiger partial charge in [0.15, 0.2) is 0 Å². The first-order chi connectivity index (χ1) is 10.3. The number of carbonyl (C=O) groups is 1. The second kappa shape index (κ2) is 6.87. The first-order valence-corrected chi connectivity index (χ1v) is 9.17. The van der Waals surface area contributed by atoms with Gasteiger partial charge in [0.25, 0.3) is 0 Å². The quantitative estimate of drug-likeness (QED) is 0.836. The highest BCUT2D eigenvalue weighted by Crippen LogP contribution is 2.25. The van der Waals surface area contributed by atoms with E-state index in [0.29, 0.717) is 13.0 Å². The van der Waals surface area contributed by atoms with Gasteiger partial charge in [0.1, 0.15) is 0 Å². The van der Waals surface area contributed by atoms with Gasteiger partial charge >= 0.3 is 0 Å². The summed E-state index contributed by atoms with van der Waals surface area (Å²) in [6.45, 7) is 9.06. The van der Waals surface area contributed by atoms with Gasteiger partial charge in [-0.05, 0) is 6.42 Å². The lowest BCUT2D eigenvalue weighted by Crippen LogP contribution is -2.28. The molecule has 0 aliphatic carbocycles. The number of amides is 1. The second-order valence-electron chi connectivity index (χ2n) is 6.41. The Kier molecular flexibility index (Phi) is 5.34. The van der Waals surface area contributed by atoms with Gasteiger partial charge in [0, 0.05) is 23.2 Å². The highest BCUT2D eigenvalue weighted by molar-refractivity contribution is 7.10. The zero-order valence-electron chi connectivity index (χ0n) is 13.8. The van der Waals surface area contributed by atoms with Crippen molar-refractivity contribution in [1.29, 1.82) is 0 Å². The summed E-state index contributed by atoms with van der Waals surface area (Å²) in [7, 11) is 1.82. The third kappa shape index (κ3) is 4.36. The summed E-state index contributed by atoms with van der Waals surface area (Å²) in [5.74, 6) is 0.0804. The predicted molar refractivity (Wildman–Crippen MR) is 92.5 cm³/mol. The van der Waals surface area contributed by atoms with Crippen molar-refractivity contribution >= 4 is 28.6 Å². The van der Waals surface area contributed by atoms with E-state index < -0.39 is 0 Å². The van der Waals surface area contributed by atoms with Crippen LogP contribution in [-0.2, 0) is 29.6 Å². The molecule has 0 saturated carbocycles. The van der Waals surface area contributed by atoms with Crippen LogP contribution in [0.2, 0.25) is 0 Å². The molecule has 2 aromatic rings. The van der Waals surface area contributed by atoms with Crippen molar-refractivity contribution < 1.29 is 4.79 Å². The second-order valence-corrected chi connectivity index (χ2v) is 8.21. The van der Waals surface area contributed by atoms with Crippen LogP contribution >= 0.6 is 22.7 Å². The molecule has 0 aromatic carbocycles. The minimum atomic E-state index is 0.0367. The Bertz CT molecular complexity index is 640. The summed E-state index contributed by atoms with van der Waals surface area (Å²) >= 11 is 3.28. The first kappa shape index (κ1) is 17.1. The predicted octanol–water partition coefficient (Wildman–Crippen LogP) is 3.66. The van der Waals surface area contributed by atoms with E-state index in [0.717, 1.165) is 27.8 Å². The van der Waals surface area contributed by atoms with E-state index in [9.17, 15) is 4.79 Å². The molecule has 0 N–H and O–H groups in total. The Morgan fingerprint density at radius 2 is 1.86 bits per heavy atom. The molecule has 0 spiro atoms. The molecule has 2 aromatic heterocycles. The number of likely N-dealkylation sites (N-methyl/N-ethyl adjacent to an activating group) is 1. The van der Waals surface area contributed by atoms with Gasteiger partial charge in [0.05, 0.1) is 34.4 Å². The third-order valence-electron chi connectivity index (χ3n) is 3.25. The van der Waals surface area contributed by atoms with Crippen molar-refractivity contribution in [3.05, 3.63) is 32.2 Å². The van der Waals surface area contributed by atoms with Crippen LogP contribution in [0.15, 0.2) is 10.8 Å². The van der Waals surface area contributed by atoms with Crippen LogP contribution in [-0.4, -0.2) is 27.8 Å². The summed E-state index contributed by atoms with van der Waals surface area (Å²) in [4.78, 5) is 23.1. The molecule has 2 rings (SSSR count). The van der Waals surface area contributed by atoms with E-state index in [1.54, 1.807) is 27.6 Å². The van der Waals surface area contributed by atoms with Crippen molar-refractivity contribution in [3.63, 3.8) is 0 Å². The molecule has 2 heterocycles. The zero-order valence-corrected chi connectivity index (χ0v) is 15.5. The number of nitrogens with zero attached hydrogens (tertiary/aromatic N) is 3. The van der Waals surface area contributed by atoms with E-state index >= 15 is 0 Å². The zero-order chi connectivity index (χ0) is 16.3. The highest BCUT2D eigenvalue weighted by atomic mass is 32.1. The standard InChI is InChI=1S/C16H23N3OS2/c1-6-13-17-12(10-21-13)8-19(5)14(20)7-11-9-22-15(18-11)16(2,3)4/h9-10H,6-8H2,1-5H3. The SMILES string of the molecule is CCc1nc(CN(C)C(=O)Cc2csc(C(C)(C)C)n2)cs1. The number of aryl methyl sites for hydroxylation is 1. The average Bonchev–Trinajstić information content (AvgIpc) is 3.07. The van der Waals surface area contributed by atoms with E-state index in [1.807, 2.05) is 17.8 Å². The van der Waals surface area contributed by atoms with Gasteiger partial charge in [-0.2, -0.15) is 0 Å². The lowest BCUT2D eigenvalue weighted by Gasteiger charge is -2.15. The molecular weight excluding hydrogens is 314 g/mol. The minimum absolute atomic E-state index is 0.0367. The van der Waals surface area contributed by atoms with E-state index in [-0.39, 0.29) is 11.3 Å². The molecule has 4 nitrogen and oxygen atoms in total. The van der Waals surface area contributed by atoms with Gasteiger partial charge in [-0.1, -0.05) is 27.7 Å². The average molecular weight is 338 g/mol. The molecule has 1 amide bonds. The first-order valence-electron chi connectivity index (χ1n) is 7.41. The van der Waals surface area contributed by atoms with Crippen LogP contribution in [0.5, 0.6) is 0 Å². The van der Waals surface area contributed by atoms with Crippen LogP contribution < -0.4 is 0 Å². The molecule has 120 valence electrons. The summed E-state index contributed by atoms with van der Waals surface area (Å²) in [6, 6.07) is 0. The third-order valence-corrected chi connectivity index (χ3v) is 5.61. The van der Waals surface area contributed by atoms with Crippen molar-refractivity contribution in [2.24, 2.45) is 0 Å². The van der Waals surface area contributed by atoms with Crippen LogP contribution in [0.25, 0.3) is 0 Å². The van der Waals surface area contributed by atoms with Crippen LogP contribution in [0.3, 0.4) is 0 Å². The number of hydrogen-bond donors (Lipinski definition) is 0. The molecule has 6 heteroatoms. The van der Waals surface area contributed by atoms with Gasteiger partial charge in [-0.25, -0.2) is 9.97 Å². The topological polar surface area (TPSA) is 46.1 Å². The maximum Gasteiger partial charge on any atom is 0.228 e. The van der Waals surface area contributed by atoms with Gasteiger partial charge < -0.3 is 4.90 Å². The molecule has 0 bridgehead atoms. The Morgan fingerprint density at radius 3 is 2.41 bits per heavy atom. The fourth-order valence-electron chi connectivity index (χ4n) is 1.94. The van der Waals surface area contributed by atoms with Gasteiger partial charge in [0.2, 0.25) is 5.91 Å². The van der Waals surface area contributed by atoms with Crippen molar-refractivity contribution in [1.82, 2.24) is 14.9 Å². The number of thiazole rings is 2. The van der Waals surface area contributed by atoms with E-state index in [2.05, 4.69) is 37.7 Å². The highest BCUT2D eigenvalue weighted by Gasteiger charge is 2.19. The van der Waals surface area contributed by atoms with Crippen molar-refractivity contribution in [2.45, 2.75) is 52.5 Å². The normalized spacial score (nSPS) is 11.7. The van der Waals surface area contributed by atoms with Crippen LogP contribution in [0.1, 0.15) is 49.1 Å². The van der Waals surface area contributed by atoms with E-state index in [4.69, 9.17) is 0 Å². The maximum atomic E-state index is 12.3. The summed E-state index contributed by atoms with van der Waals surface area (Å²) in [5.41, 5.74) is 1.86. The van der Waals surface area contributed by atoms with E-state index in [1.165, 1.54) is 0 Å². The number of carbonyl (C=O) groups excluding carboxylic acids is 1. The fourth-order valence-corrected chi connectivity index (χ4v) is 3.58. The van der Waals surface area contributed by atoms with Gasteiger partial charge in [-0.15, -0.1) is 22.7 Å². The Balaban J connectivity index is 1.95. The monoisotopic (exact) mass is 337 g/mol. The molecule has 0 radical (unpaired) electrons. The number of aromatic nitrogens is 2. The molecule has 0 aliphatic heterocycles. The molecule has 22 heavy (non-hydrogen) atoms. The lowest BCUT2D eigenvalue weighted by atomic mass is 9.98. The summed E-state index contributed by atoms with van der Waals surface area (Å²) < 4.78 is 0. The van der Waals surface area contributed by atoms with Crippen LogP contribution in [0.4, 0.5) is 0 Å². The summed E-state index contributed by atoms with van der Waals surface area (Å²) in [6.07, 6.45) is 1.30. The number of hydrogen-bond acceptors (Lipinski definition) is 5. The molecule has 0 aliphatic rings. The lowest BCUT2D eigenvalue weighted by molar-refractivity contribution is -0.129. The largest absolute Gasteiger partial charge is 0.339 e. The van der Waals surface area contributed by atoms with Crippen LogP contribution in [0, 0.1) is 0 Å². The maximum absolute atomic E-state index is 12.3. The molecule has 0 saturated heterocycles. The Morgan fingerprint density at radius 1 is 1.18 bits per heavy atom. The fraction of sp³-hybridized carbons (Fsp3) is 0.562. The summed E-state index contributed by atoms with van der Waals surface area (Å²) in [5, 5.41) is 6.21. The Labute approximate surface area is 140 Å². The molecule has 0 fully saturated rings. The smallest absolute Gasteiger partial charge is 0.228 e.